The highest BCUT2D eigenvalue weighted by atomic mass is 35.5. The van der Waals surface area contributed by atoms with Crippen molar-refractivity contribution in [3.8, 4) is 33.8 Å². The molecule has 0 bridgehead atoms. The first-order chi connectivity index (χ1) is 31.4. The molecule has 0 aliphatic rings. The Balaban J connectivity index is 1.10. The van der Waals surface area contributed by atoms with Gasteiger partial charge in [-0.05, 0) is 142 Å². The molecule has 344 valence electrons. The van der Waals surface area contributed by atoms with Crippen LogP contribution in [0.1, 0.15) is 73.7 Å². The molecule has 14 heteroatoms. The summed E-state index contributed by atoms with van der Waals surface area (Å²) < 4.78 is 56.6. The highest BCUT2D eigenvalue weighted by Crippen LogP contribution is 2.42. The van der Waals surface area contributed by atoms with Crippen LogP contribution in [0.4, 0.5) is 13.2 Å². The Morgan fingerprint density at radius 2 is 1.55 bits per heavy atom. The van der Waals surface area contributed by atoms with E-state index in [1.807, 2.05) is 63.7 Å². The number of fused-ring (bicyclic) bond motifs is 1. The molecule has 0 saturated carbocycles. The fraction of sp³-hybridized carbons (Fsp3) is 0.288. The quantitative estimate of drug-likeness (QED) is 0.0680. The van der Waals surface area contributed by atoms with Crippen LogP contribution in [0.3, 0.4) is 0 Å². The molecule has 0 saturated heterocycles. The molecule has 0 fully saturated rings. The second kappa shape index (κ2) is 20.1. The maximum Gasteiger partial charge on any atom is 0.416 e. The fourth-order valence-electron chi connectivity index (χ4n) is 8.75. The maximum atomic E-state index is 13.5. The Morgan fingerprint density at radius 3 is 2.20 bits per heavy atom. The van der Waals surface area contributed by atoms with Crippen molar-refractivity contribution in [2.24, 2.45) is 7.05 Å². The number of hydrogen-bond donors (Lipinski definition) is 1. The zero-order chi connectivity index (χ0) is 47.4. The van der Waals surface area contributed by atoms with Crippen LogP contribution < -0.4 is 9.47 Å². The third-order valence-corrected chi connectivity index (χ3v) is 13.0. The Morgan fingerprint density at radius 1 is 0.833 bits per heavy atom. The number of carboxylic acid groups (broad SMARTS) is 1. The first-order valence-corrected chi connectivity index (χ1v) is 22.4. The third kappa shape index (κ3) is 10.4. The monoisotopic (exact) mass is 938 g/mol. The largest absolute Gasteiger partial charge is 0.494 e. The number of rotatable bonds is 18. The Kier molecular flexibility index (Phi) is 14.5. The molecule has 1 N–H and O–H groups in total. The minimum Gasteiger partial charge on any atom is -0.494 e. The number of carboxylic acids is 1. The fourth-order valence-corrected chi connectivity index (χ4v) is 9.11. The van der Waals surface area contributed by atoms with Crippen LogP contribution in [-0.4, -0.2) is 49.9 Å². The van der Waals surface area contributed by atoms with E-state index < -0.39 is 17.7 Å². The van der Waals surface area contributed by atoms with Gasteiger partial charge in [0.25, 0.3) is 0 Å². The van der Waals surface area contributed by atoms with Gasteiger partial charge in [0.05, 0.1) is 34.0 Å². The number of nitrogens with zero attached hydrogens (tertiary/aromatic N) is 4. The van der Waals surface area contributed by atoms with E-state index in [4.69, 9.17) is 37.8 Å². The lowest BCUT2D eigenvalue weighted by atomic mass is 9.98. The first-order valence-electron chi connectivity index (χ1n) is 21.6. The molecule has 0 radical (unpaired) electrons. The van der Waals surface area contributed by atoms with Crippen LogP contribution in [0.2, 0.25) is 10.0 Å². The summed E-state index contributed by atoms with van der Waals surface area (Å²) in [5.41, 5.74) is 10.1. The second-order valence-electron chi connectivity index (χ2n) is 16.6. The minimum absolute atomic E-state index is 0.0101. The molecular weight excluding hydrogens is 888 g/mol. The van der Waals surface area contributed by atoms with Gasteiger partial charge in [-0.3, -0.25) is 9.48 Å². The maximum absolute atomic E-state index is 13.5. The van der Waals surface area contributed by atoms with Crippen LogP contribution in [0, 0.1) is 34.6 Å². The summed E-state index contributed by atoms with van der Waals surface area (Å²) in [6.45, 7) is 11.4. The lowest BCUT2D eigenvalue weighted by molar-refractivity contribution is -0.138. The zero-order valence-electron chi connectivity index (χ0n) is 37.7. The summed E-state index contributed by atoms with van der Waals surface area (Å²) in [5.74, 6) is 0.00878. The van der Waals surface area contributed by atoms with Crippen molar-refractivity contribution in [3.63, 3.8) is 0 Å². The van der Waals surface area contributed by atoms with E-state index in [0.29, 0.717) is 53.6 Å². The third-order valence-electron chi connectivity index (χ3n) is 12.1. The van der Waals surface area contributed by atoms with Crippen molar-refractivity contribution in [2.75, 3.05) is 13.2 Å². The number of alkyl halides is 3. The molecule has 0 atom stereocenters. The lowest BCUT2D eigenvalue weighted by Crippen LogP contribution is -2.24. The average molecular weight is 940 g/mol. The summed E-state index contributed by atoms with van der Waals surface area (Å²) in [6.07, 6.45) is -1.64. The van der Waals surface area contributed by atoms with E-state index in [9.17, 15) is 27.9 Å². The summed E-state index contributed by atoms with van der Waals surface area (Å²) in [5, 5.41) is 17.2. The van der Waals surface area contributed by atoms with E-state index in [0.717, 1.165) is 86.3 Å². The van der Waals surface area contributed by atoms with Gasteiger partial charge < -0.3 is 24.0 Å². The summed E-state index contributed by atoms with van der Waals surface area (Å²) >= 11 is 13.5. The van der Waals surface area contributed by atoms with Crippen molar-refractivity contribution in [1.29, 1.82) is 0 Å². The van der Waals surface area contributed by atoms with Gasteiger partial charge >= 0.3 is 12.1 Å². The molecule has 0 aliphatic heterocycles. The smallest absolute Gasteiger partial charge is 0.416 e. The molecule has 7 rings (SSSR count). The number of hydrogen-bond acceptors (Lipinski definition) is 5. The molecule has 0 spiro atoms. The SMILES string of the molecule is Cc1cc(OCCCc2c(C)n(CCCN(C=O)Cc3cc(C(=O)O)cc(-c4ccc(OCc5ccccc5C(F)(F)F)cc4)c3)c3c(-c4c(C)nn(C)c4C)c(Cl)ccc23)cc(C)c1Cl. The molecule has 2 heterocycles. The molecule has 5 aromatic carbocycles. The van der Waals surface area contributed by atoms with Crippen LogP contribution in [0.25, 0.3) is 33.2 Å². The van der Waals surface area contributed by atoms with Gasteiger partial charge in [-0.15, -0.1) is 0 Å². The molecule has 2 aromatic heterocycles. The van der Waals surface area contributed by atoms with E-state index >= 15 is 0 Å². The lowest BCUT2D eigenvalue weighted by Gasteiger charge is -2.20. The predicted molar refractivity (Wildman–Crippen MR) is 254 cm³/mol. The molecule has 9 nitrogen and oxygen atoms in total. The van der Waals surface area contributed by atoms with E-state index in [1.54, 1.807) is 41.3 Å². The number of aromatic carboxylic acids is 1. The van der Waals surface area contributed by atoms with Crippen LogP contribution in [0.15, 0.2) is 91.0 Å². The van der Waals surface area contributed by atoms with Crippen molar-refractivity contribution in [2.45, 2.75) is 79.8 Å². The van der Waals surface area contributed by atoms with Crippen molar-refractivity contribution >= 4 is 46.5 Å². The number of amides is 1. The summed E-state index contributed by atoms with van der Waals surface area (Å²) in [4.78, 5) is 26.6. The molecular formula is C52H51Cl2F3N4O5. The van der Waals surface area contributed by atoms with Crippen molar-refractivity contribution in [3.05, 3.63) is 157 Å². The number of aryl methyl sites for hydroxylation is 6. The van der Waals surface area contributed by atoms with Crippen LogP contribution >= 0.6 is 23.2 Å². The van der Waals surface area contributed by atoms with E-state index in [2.05, 4.69) is 17.6 Å². The number of ether oxygens (including phenoxy) is 2. The molecule has 66 heavy (non-hydrogen) atoms. The van der Waals surface area contributed by atoms with Gasteiger partial charge in [-0.1, -0.05) is 59.6 Å². The standard InChI is InChI=1S/C52H51Cl2F3N4O5/c1-31-23-42(24-32(2)49(31)54)65-22-9-12-43-34(4)61(50-44(43)18-19-46(53)48(50)47-33(3)58-59(6)35(47)5)21-10-20-60(30-62)28-36-25-39(27-40(26-36)51(63)64)37-14-16-41(17-15-37)66-29-38-11-7-8-13-45(38)52(55,56)57/h7-8,11,13-19,23-27,30H,9-10,12,20-22,28-29H2,1-6H3,(H,63,64). The minimum atomic E-state index is -4.51. The molecule has 1 amide bonds. The highest BCUT2D eigenvalue weighted by molar-refractivity contribution is 6.35. The van der Waals surface area contributed by atoms with Crippen LogP contribution in [0.5, 0.6) is 11.5 Å². The Labute approximate surface area is 392 Å². The van der Waals surface area contributed by atoms with Gasteiger partial charge in [0, 0.05) is 65.2 Å². The average Bonchev–Trinajstić information content (AvgIpc) is 3.70. The van der Waals surface area contributed by atoms with Gasteiger partial charge in [0.1, 0.15) is 18.1 Å². The number of carbonyl (C=O) groups excluding carboxylic acids is 1. The normalized spacial score (nSPS) is 11.6. The number of carbonyl (C=O) groups is 2. The summed E-state index contributed by atoms with van der Waals surface area (Å²) in [7, 11) is 1.92. The number of benzene rings is 5. The van der Waals surface area contributed by atoms with Crippen molar-refractivity contribution < 1.29 is 37.3 Å². The van der Waals surface area contributed by atoms with Gasteiger partial charge in [0.2, 0.25) is 6.41 Å². The zero-order valence-corrected chi connectivity index (χ0v) is 39.2. The van der Waals surface area contributed by atoms with Gasteiger partial charge in [0.15, 0.2) is 0 Å². The Bertz CT molecular complexity index is 2900. The number of halogens is 5. The first kappa shape index (κ1) is 47.7. The van der Waals surface area contributed by atoms with E-state index in [-0.39, 0.29) is 24.3 Å². The highest BCUT2D eigenvalue weighted by Gasteiger charge is 2.33. The van der Waals surface area contributed by atoms with E-state index in [1.165, 1.54) is 23.8 Å². The molecule has 0 unspecified atom stereocenters. The molecule has 0 aliphatic carbocycles. The topological polar surface area (TPSA) is 98.8 Å². The van der Waals surface area contributed by atoms with Crippen molar-refractivity contribution in [1.82, 2.24) is 19.2 Å². The second-order valence-corrected chi connectivity index (χ2v) is 17.4. The Hall–Kier alpha value is -6.24. The van der Waals surface area contributed by atoms with Gasteiger partial charge in [-0.25, -0.2) is 4.79 Å². The molecule has 7 aromatic rings. The summed E-state index contributed by atoms with van der Waals surface area (Å²) in [6, 6.07) is 24.8. The van der Waals surface area contributed by atoms with Crippen LogP contribution in [-0.2, 0) is 44.1 Å². The van der Waals surface area contributed by atoms with Gasteiger partial charge in [-0.2, -0.15) is 18.3 Å². The predicted octanol–water partition coefficient (Wildman–Crippen LogP) is 12.9. The number of aromatic nitrogens is 3.